The zero-order valence-electron chi connectivity index (χ0n) is 21.4. The molecule has 3 N–H and O–H groups in total. The molecule has 2 aliphatic heterocycles. The van der Waals surface area contributed by atoms with Gasteiger partial charge in [0, 0.05) is 29.9 Å². The molecule has 0 aliphatic carbocycles. The Hall–Kier alpha value is -3.54. The van der Waals surface area contributed by atoms with Crippen LogP contribution < -0.4 is 15.4 Å². The number of ether oxygens (including phenoxy) is 1. The van der Waals surface area contributed by atoms with Gasteiger partial charge in [0.05, 0.1) is 13.2 Å². The van der Waals surface area contributed by atoms with Crippen molar-refractivity contribution < 1.29 is 19.1 Å². The summed E-state index contributed by atoms with van der Waals surface area (Å²) in [5.41, 5.74) is 1.06. The van der Waals surface area contributed by atoms with Gasteiger partial charge in [-0.3, -0.25) is 14.4 Å². The topological polar surface area (TPSA) is 127 Å². The Morgan fingerprint density at radius 1 is 1.33 bits per heavy atom. The Labute approximate surface area is 211 Å². The predicted octanol–water partition coefficient (Wildman–Crippen LogP) is 2.98. The number of H-pyrrole nitrogens is 1. The second kappa shape index (κ2) is 10.2. The number of rotatable bonds is 6. The molecule has 2 aromatic rings. The Morgan fingerprint density at radius 3 is 2.78 bits per heavy atom. The van der Waals surface area contributed by atoms with Gasteiger partial charge in [0.15, 0.2) is 0 Å². The number of hydrogen-bond donors (Lipinski definition) is 3. The van der Waals surface area contributed by atoms with Crippen molar-refractivity contribution in [1.82, 2.24) is 20.5 Å². The van der Waals surface area contributed by atoms with Crippen molar-refractivity contribution in [3.63, 3.8) is 0 Å². The SMILES string of the molecule is COc1cccc2[nH]c(C(=O)N3CC(C(C)(C)C)CC3C(=O)NC(C#N)CC3CCCNC3=O)cc12. The highest BCUT2D eigenvalue weighted by molar-refractivity contribution is 6.01. The molecule has 9 nitrogen and oxygen atoms in total. The Morgan fingerprint density at radius 2 is 2.11 bits per heavy atom. The van der Waals surface area contributed by atoms with Crippen LogP contribution in [0.5, 0.6) is 5.75 Å². The fourth-order valence-electron chi connectivity index (χ4n) is 5.27. The van der Waals surface area contributed by atoms with Crippen molar-refractivity contribution in [3.05, 3.63) is 30.0 Å². The van der Waals surface area contributed by atoms with Gasteiger partial charge in [-0.15, -0.1) is 0 Å². The van der Waals surface area contributed by atoms with Crippen LogP contribution in [-0.2, 0) is 9.59 Å². The van der Waals surface area contributed by atoms with E-state index in [9.17, 15) is 19.6 Å². The normalized spacial score (nSPS) is 23.1. The molecule has 4 unspecified atom stereocenters. The second-order valence-corrected chi connectivity index (χ2v) is 10.9. The standard InChI is InChI=1S/C27H35N5O4/c1-27(2,3)17-12-22(25(34)30-18(14-28)11-16-7-6-10-29-24(16)33)32(15-17)26(35)21-13-19-20(31-21)8-5-9-23(19)36-4/h5,8-9,13,16-18,22,31H,6-7,10-12,15H2,1-4H3,(H,29,33)(H,30,34). The maximum Gasteiger partial charge on any atom is 0.270 e. The van der Waals surface area contributed by atoms with Gasteiger partial charge >= 0.3 is 0 Å². The monoisotopic (exact) mass is 493 g/mol. The number of piperidine rings is 1. The summed E-state index contributed by atoms with van der Waals surface area (Å²) < 4.78 is 5.43. The van der Waals surface area contributed by atoms with Crippen molar-refractivity contribution in [3.8, 4) is 11.8 Å². The molecule has 0 radical (unpaired) electrons. The fraction of sp³-hybridized carbons (Fsp3) is 0.556. The third-order valence-electron chi connectivity index (χ3n) is 7.56. The van der Waals surface area contributed by atoms with E-state index in [1.54, 1.807) is 18.1 Å². The van der Waals surface area contributed by atoms with E-state index in [4.69, 9.17) is 4.74 Å². The number of aromatic nitrogens is 1. The fourth-order valence-corrected chi connectivity index (χ4v) is 5.27. The van der Waals surface area contributed by atoms with E-state index in [0.29, 0.717) is 37.4 Å². The molecule has 3 amide bonds. The van der Waals surface area contributed by atoms with E-state index >= 15 is 0 Å². The summed E-state index contributed by atoms with van der Waals surface area (Å²) >= 11 is 0. The van der Waals surface area contributed by atoms with Crippen molar-refractivity contribution in [2.24, 2.45) is 17.3 Å². The van der Waals surface area contributed by atoms with Crippen LogP contribution in [0.25, 0.3) is 10.9 Å². The Kier molecular flexibility index (Phi) is 7.25. The van der Waals surface area contributed by atoms with Gasteiger partial charge in [-0.25, -0.2) is 0 Å². The van der Waals surface area contributed by atoms with Crippen LogP contribution in [0.3, 0.4) is 0 Å². The minimum atomic E-state index is -0.797. The summed E-state index contributed by atoms with van der Waals surface area (Å²) in [5.74, 6) is -0.216. The van der Waals surface area contributed by atoms with Gasteiger partial charge in [-0.2, -0.15) is 5.26 Å². The molecule has 2 saturated heterocycles. The molecule has 4 rings (SSSR count). The van der Waals surface area contributed by atoms with Gasteiger partial charge in [-0.05, 0) is 55.2 Å². The number of benzene rings is 1. The minimum Gasteiger partial charge on any atom is -0.496 e. The predicted molar refractivity (Wildman–Crippen MR) is 135 cm³/mol. The van der Waals surface area contributed by atoms with Crippen molar-refractivity contribution in [2.75, 3.05) is 20.2 Å². The number of carbonyl (C=O) groups is 3. The van der Waals surface area contributed by atoms with Crippen LogP contribution >= 0.6 is 0 Å². The highest BCUT2D eigenvalue weighted by Gasteiger charge is 2.44. The van der Waals surface area contributed by atoms with Crippen LogP contribution in [0.1, 0.15) is 56.9 Å². The maximum atomic E-state index is 13.7. The van der Waals surface area contributed by atoms with E-state index in [-0.39, 0.29) is 41.4 Å². The average Bonchev–Trinajstić information content (AvgIpc) is 3.49. The molecule has 36 heavy (non-hydrogen) atoms. The van der Waals surface area contributed by atoms with E-state index in [2.05, 4.69) is 42.5 Å². The van der Waals surface area contributed by atoms with Crippen LogP contribution in [0, 0.1) is 28.6 Å². The highest BCUT2D eigenvalue weighted by atomic mass is 16.5. The number of carbonyl (C=O) groups excluding carboxylic acids is 3. The number of amides is 3. The van der Waals surface area contributed by atoms with Crippen LogP contribution in [0.15, 0.2) is 24.3 Å². The number of methoxy groups -OCH3 is 1. The molecular formula is C27H35N5O4. The number of fused-ring (bicyclic) bond motifs is 1. The summed E-state index contributed by atoms with van der Waals surface area (Å²) in [6.07, 6.45) is 2.33. The van der Waals surface area contributed by atoms with Crippen LogP contribution in [-0.4, -0.2) is 59.9 Å². The molecule has 0 saturated carbocycles. The molecular weight excluding hydrogens is 458 g/mol. The summed E-state index contributed by atoms with van der Waals surface area (Å²) in [6.45, 7) is 7.40. The molecule has 192 valence electrons. The van der Waals surface area contributed by atoms with Crippen molar-refractivity contribution >= 4 is 28.6 Å². The zero-order chi connectivity index (χ0) is 26.0. The third kappa shape index (κ3) is 5.18. The van der Waals surface area contributed by atoms with E-state index in [1.165, 1.54) is 0 Å². The average molecular weight is 494 g/mol. The first-order valence-corrected chi connectivity index (χ1v) is 12.6. The lowest BCUT2D eigenvalue weighted by Gasteiger charge is -2.27. The zero-order valence-corrected chi connectivity index (χ0v) is 21.4. The molecule has 3 heterocycles. The smallest absolute Gasteiger partial charge is 0.270 e. The van der Waals surface area contributed by atoms with E-state index < -0.39 is 12.1 Å². The molecule has 1 aromatic heterocycles. The highest BCUT2D eigenvalue weighted by Crippen LogP contribution is 2.38. The number of hydrogen-bond acceptors (Lipinski definition) is 5. The van der Waals surface area contributed by atoms with Crippen LogP contribution in [0.2, 0.25) is 0 Å². The van der Waals surface area contributed by atoms with Gasteiger partial charge in [0.25, 0.3) is 5.91 Å². The molecule has 2 fully saturated rings. The molecule has 2 aliphatic rings. The first kappa shape index (κ1) is 25.5. The maximum absolute atomic E-state index is 13.7. The van der Waals surface area contributed by atoms with Gasteiger partial charge in [0.1, 0.15) is 23.5 Å². The molecule has 1 aromatic carbocycles. The number of aromatic amines is 1. The molecule has 0 spiro atoms. The molecule has 9 heteroatoms. The minimum absolute atomic E-state index is 0.0737. The number of nitrogens with one attached hydrogen (secondary N) is 3. The second-order valence-electron chi connectivity index (χ2n) is 10.9. The Balaban J connectivity index is 1.55. The van der Waals surface area contributed by atoms with Gasteiger partial charge in [-0.1, -0.05) is 26.8 Å². The van der Waals surface area contributed by atoms with Crippen molar-refractivity contribution in [1.29, 1.82) is 5.26 Å². The van der Waals surface area contributed by atoms with Gasteiger partial charge < -0.3 is 25.3 Å². The first-order chi connectivity index (χ1) is 17.1. The summed E-state index contributed by atoms with van der Waals surface area (Å²) in [7, 11) is 1.58. The quantitative estimate of drug-likeness (QED) is 0.570. The number of nitrogens with zero attached hydrogens (tertiary/aromatic N) is 2. The molecule has 4 atom stereocenters. The van der Waals surface area contributed by atoms with Crippen LogP contribution in [0.4, 0.5) is 0 Å². The lowest BCUT2D eigenvalue weighted by Crippen LogP contribution is -2.49. The number of nitriles is 1. The van der Waals surface area contributed by atoms with E-state index in [0.717, 1.165) is 17.3 Å². The third-order valence-corrected chi connectivity index (χ3v) is 7.56. The summed E-state index contributed by atoms with van der Waals surface area (Å²) in [5, 5.41) is 16.2. The van der Waals surface area contributed by atoms with E-state index in [1.807, 2.05) is 18.2 Å². The first-order valence-electron chi connectivity index (χ1n) is 12.6. The largest absolute Gasteiger partial charge is 0.496 e. The molecule has 0 bridgehead atoms. The van der Waals surface area contributed by atoms with Gasteiger partial charge in [0.2, 0.25) is 11.8 Å². The lowest BCUT2D eigenvalue weighted by molar-refractivity contribution is -0.128. The summed E-state index contributed by atoms with van der Waals surface area (Å²) in [6, 6.07) is 7.95. The van der Waals surface area contributed by atoms with Crippen molar-refractivity contribution in [2.45, 2.75) is 58.5 Å². The Bertz CT molecular complexity index is 1190. The summed E-state index contributed by atoms with van der Waals surface area (Å²) in [4.78, 5) is 44.1. The lowest BCUT2D eigenvalue weighted by atomic mass is 9.79. The number of likely N-dealkylation sites (tertiary alicyclic amines) is 1.